The highest BCUT2D eigenvalue weighted by Gasteiger charge is 2.29. The van der Waals surface area contributed by atoms with E-state index in [2.05, 4.69) is 9.97 Å². The molecule has 0 bridgehead atoms. The van der Waals surface area contributed by atoms with Crippen LogP contribution in [0.2, 0.25) is 0 Å². The monoisotopic (exact) mass is 254 g/mol. The van der Waals surface area contributed by atoms with E-state index in [1.807, 2.05) is 0 Å². The number of hydrogen-bond acceptors (Lipinski definition) is 3. The largest absolute Gasteiger partial charge is 0.416 e. The first kappa shape index (κ1) is 12.5. The summed E-state index contributed by atoms with van der Waals surface area (Å²) in [6.45, 7) is -0.240. The average molecular weight is 254 g/mol. The summed E-state index contributed by atoms with van der Waals surface area (Å²) in [4.78, 5) is 7.75. The van der Waals surface area contributed by atoms with Crippen LogP contribution in [0.15, 0.2) is 36.7 Å². The zero-order valence-electron chi connectivity index (χ0n) is 9.15. The second-order valence-electron chi connectivity index (χ2n) is 3.63. The summed E-state index contributed by atoms with van der Waals surface area (Å²) in [6.07, 6.45) is -3.08. The maximum Gasteiger partial charge on any atom is 0.416 e. The molecule has 1 N–H and O–H groups in total. The van der Waals surface area contributed by atoms with Gasteiger partial charge in [0.2, 0.25) is 0 Å². The van der Waals surface area contributed by atoms with Crippen molar-refractivity contribution in [3.05, 3.63) is 47.9 Å². The molecule has 1 aromatic heterocycles. The fourth-order valence-corrected chi connectivity index (χ4v) is 1.47. The molecule has 0 amide bonds. The summed E-state index contributed by atoms with van der Waals surface area (Å²) in [5, 5.41) is 8.92. The molecule has 1 heterocycles. The van der Waals surface area contributed by atoms with E-state index in [0.717, 1.165) is 12.1 Å². The zero-order valence-corrected chi connectivity index (χ0v) is 9.15. The van der Waals surface area contributed by atoms with Crippen molar-refractivity contribution in [3.63, 3.8) is 0 Å². The van der Waals surface area contributed by atoms with Crippen LogP contribution in [0.25, 0.3) is 11.3 Å². The molecule has 94 valence electrons. The van der Waals surface area contributed by atoms with Crippen LogP contribution in [-0.4, -0.2) is 15.1 Å². The number of rotatable bonds is 2. The Hall–Kier alpha value is -1.95. The molecule has 0 aliphatic carbocycles. The highest BCUT2D eigenvalue weighted by Crippen LogP contribution is 2.30. The van der Waals surface area contributed by atoms with Crippen LogP contribution < -0.4 is 0 Å². The molecule has 0 saturated heterocycles. The predicted molar refractivity (Wildman–Crippen MR) is 58.4 cm³/mol. The van der Waals surface area contributed by atoms with Gasteiger partial charge >= 0.3 is 6.18 Å². The molecular weight excluding hydrogens is 245 g/mol. The Morgan fingerprint density at radius 2 is 1.72 bits per heavy atom. The number of aliphatic hydroxyl groups excluding tert-OH is 1. The highest BCUT2D eigenvalue weighted by molar-refractivity contribution is 5.59. The quantitative estimate of drug-likeness (QED) is 0.896. The molecule has 0 aliphatic rings. The lowest BCUT2D eigenvalue weighted by Gasteiger charge is -2.07. The molecule has 0 unspecified atom stereocenters. The number of nitrogens with zero attached hydrogens (tertiary/aromatic N) is 2. The van der Waals surface area contributed by atoms with E-state index in [0.29, 0.717) is 17.0 Å². The smallest absolute Gasteiger partial charge is 0.390 e. The summed E-state index contributed by atoms with van der Waals surface area (Å²) in [6, 6.07) is 6.20. The molecule has 1 aromatic carbocycles. The van der Waals surface area contributed by atoms with Crippen molar-refractivity contribution in [3.8, 4) is 11.3 Å². The van der Waals surface area contributed by atoms with E-state index < -0.39 is 11.7 Å². The van der Waals surface area contributed by atoms with Crippen LogP contribution in [-0.2, 0) is 12.8 Å². The number of halogens is 3. The minimum atomic E-state index is -4.35. The van der Waals surface area contributed by atoms with Gasteiger partial charge in [0.1, 0.15) is 6.33 Å². The number of benzene rings is 1. The minimum Gasteiger partial charge on any atom is -0.390 e. The molecule has 0 spiro atoms. The Morgan fingerprint density at radius 3 is 2.28 bits per heavy atom. The summed E-state index contributed by atoms with van der Waals surface area (Å²) < 4.78 is 37.1. The first-order valence-electron chi connectivity index (χ1n) is 5.10. The summed E-state index contributed by atoms with van der Waals surface area (Å²) in [5.41, 5.74) is 0.727. The molecule has 0 aliphatic heterocycles. The molecule has 2 aromatic rings. The van der Waals surface area contributed by atoms with Crippen molar-refractivity contribution in [1.82, 2.24) is 9.97 Å². The molecule has 0 fully saturated rings. The van der Waals surface area contributed by atoms with Gasteiger partial charge in [0, 0.05) is 5.56 Å². The van der Waals surface area contributed by atoms with Crippen LogP contribution in [0.4, 0.5) is 13.2 Å². The summed E-state index contributed by atoms with van der Waals surface area (Å²) in [5.74, 6) is 0. The minimum absolute atomic E-state index is 0.240. The third kappa shape index (κ3) is 2.65. The second-order valence-corrected chi connectivity index (χ2v) is 3.63. The van der Waals surface area contributed by atoms with Crippen molar-refractivity contribution < 1.29 is 18.3 Å². The Labute approximate surface area is 101 Å². The lowest BCUT2D eigenvalue weighted by Crippen LogP contribution is -2.04. The van der Waals surface area contributed by atoms with E-state index in [1.165, 1.54) is 24.5 Å². The van der Waals surface area contributed by atoms with Gasteiger partial charge in [-0.25, -0.2) is 9.97 Å². The summed E-state index contributed by atoms with van der Waals surface area (Å²) in [7, 11) is 0. The Bertz CT molecular complexity index is 538. The van der Waals surface area contributed by atoms with Crippen molar-refractivity contribution in [2.75, 3.05) is 0 Å². The lowest BCUT2D eigenvalue weighted by molar-refractivity contribution is -0.137. The molecule has 0 radical (unpaired) electrons. The zero-order chi connectivity index (χ0) is 13.2. The predicted octanol–water partition coefficient (Wildman–Crippen LogP) is 2.65. The number of aromatic nitrogens is 2. The molecule has 18 heavy (non-hydrogen) atoms. The molecule has 3 nitrogen and oxygen atoms in total. The Balaban J connectivity index is 2.34. The van der Waals surface area contributed by atoms with E-state index in [-0.39, 0.29) is 6.61 Å². The maximum atomic E-state index is 12.4. The standard InChI is InChI=1S/C12H9F3N2O/c13-12(14,15)9-3-1-8(2-4-9)11-5-10(6-18)16-7-17-11/h1-5,7,18H,6H2. The van der Waals surface area contributed by atoms with Gasteiger partial charge in [-0.1, -0.05) is 12.1 Å². The van der Waals surface area contributed by atoms with Crippen molar-refractivity contribution >= 4 is 0 Å². The van der Waals surface area contributed by atoms with Gasteiger partial charge in [0.05, 0.1) is 23.6 Å². The fraction of sp³-hybridized carbons (Fsp3) is 0.167. The first-order chi connectivity index (χ1) is 8.50. The fourth-order valence-electron chi connectivity index (χ4n) is 1.47. The third-order valence-electron chi connectivity index (χ3n) is 2.39. The van der Waals surface area contributed by atoms with Gasteiger partial charge in [-0.3, -0.25) is 0 Å². The number of hydrogen-bond donors (Lipinski definition) is 1. The van der Waals surface area contributed by atoms with E-state index in [1.54, 1.807) is 0 Å². The second kappa shape index (κ2) is 4.73. The van der Waals surface area contributed by atoms with E-state index in [9.17, 15) is 13.2 Å². The maximum absolute atomic E-state index is 12.4. The topological polar surface area (TPSA) is 46.0 Å². The highest BCUT2D eigenvalue weighted by atomic mass is 19.4. The number of alkyl halides is 3. The summed E-state index contributed by atoms with van der Waals surface area (Å²) >= 11 is 0. The van der Waals surface area contributed by atoms with Crippen LogP contribution in [0.3, 0.4) is 0 Å². The first-order valence-corrected chi connectivity index (χ1v) is 5.10. The van der Waals surface area contributed by atoms with Crippen molar-refractivity contribution in [2.45, 2.75) is 12.8 Å². The van der Waals surface area contributed by atoms with Gasteiger partial charge in [-0.05, 0) is 18.2 Å². The molecule has 2 rings (SSSR count). The van der Waals surface area contributed by atoms with Crippen LogP contribution in [0, 0.1) is 0 Å². The molecular formula is C12H9F3N2O. The van der Waals surface area contributed by atoms with E-state index >= 15 is 0 Å². The van der Waals surface area contributed by atoms with E-state index in [4.69, 9.17) is 5.11 Å². The third-order valence-corrected chi connectivity index (χ3v) is 2.39. The Kier molecular flexibility index (Phi) is 3.29. The molecule has 6 heteroatoms. The van der Waals surface area contributed by atoms with Crippen LogP contribution >= 0.6 is 0 Å². The van der Waals surface area contributed by atoms with Crippen molar-refractivity contribution in [2.24, 2.45) is 0 Å². The lowest BCUT2D eigenvalue weighted by atomic mass is 10.1. The normalized spacial score (nSPS) is 11.6. The van der Waals surface area contributed by atoms with Crippen molar-refractivity contribution in [1.29, 1.82) is 0 Å². The number of aliphatic hydroxyl groups is 1. The van der Waals surface area contributed by atoms with Gasteiger partial charge < -0.3 is 5.11 Å². The SMILES string of the molecule is OCc1cc(-c2ccc(C(F)(F)F)cc2)ncn1. The molecule has 0 saturated carbocycles. The average Bonchev–Trinajstić information content (AvgIpc) is 2.38. The van der Waals surface area contributed by atoms with Gasteiger partial charge in [0.15, 0.2) is 0 Å². The Morgan fingerprint density at radius 1 is 1.06 bits per heavy atom. The van der Waals surface area contributed by atoms with Gasteiger partial charge in [0.25, 0.3) is 0 Å². The van der Waals surface area contributed by atoms with Gasteiger partial charge in [-0.2, -0.15) is 13.2 Å². The van der Waals surface area contributed by atoms with Crippen LogP contribution in [0.1, 0.15) is 11.3 Å². The van der Waals surface area contributed by atoms with Gasteiger partial charge in [-0.15, -0.1) is 0 Å². The van der Waals surface area contributed by atoms with Crippen LogP contribution in [0.5, 0.6) is 0 Å². The molecule has 0 atom stereocenters.